The van der Waals surface area contributed by atoms with Crippen LogP contribution in [0.1, 0.15) is 17.4 Å². The molecule has 2 aromatic heterocycles. The molecule has 33 heavy (non-hydrogen) atoms. The third kappa shape index (κ3) is 5.60. The molecule has 0 aliphatic heterocycles. The van der Waals surface area contributed by atoms with Crippen molar-refractivity contribution in [1.82, 2.24) is 15.0 Å². The van der Waals surface area contributed by atoms with Gasteiger partial charge in [0.05, 0.1) is 5.69 Å². The number of rotatable bonds is 8. The molecule has 8 nitrogen and oxygen atoms in total. The van der Waals surface area contributed by atoms with Crippen molar-refractivity contribution in [3.8, 4) is 28.4 Å². The molecule has 4 rings (SSSR count). The maximum Gasteiger partial charge on any atom is 0.302 e. The van der Waals surface area contributed by atoms with Crippen LogP contribution in [0.5, 0.6) is 5.75 Å². The molecule has 0 atom stereocenters. The number of anilines is 1. The summed E-state index contributed by atoms with van der Waals surface area (Å²) in [5.74, 6) is -0.116. The average molecular weight is 466 g/mol. The molecule has 4 aromatic rings. The lowest BCUT2D eigenvalue weighted by Crippen LogP contribution is -2.13. The topological polar surface area (TPSA) is 106 Å². The number of carbonyl (C=O) groups is 2. The van der Waals surface area contributed by atoms with Crippen molar-refractivity contribution >= 4 is 28.3 Å². The zero-order chi connectivity index (χ0) is 23.2. The predicted molar refractivity (Wildman–Crippen MR) is 122 cm³/mol. The van der Waals surface area contributed by atoms with Crippen LogP contribution in [0.15, 0.2) is 60.1 Å². The number of imidazole rings is 1. The molecule has 0 saturated heterocycles. The van der Waals surface area contributed by atoms with E-state index in [1.54, 1.807) is 48.0 Å². The predicted octanol–water partition coefficient (Wildman–Crippen LogP) is 4.53. The summed E-state index contributed by atoms with van der Waals surface area (Å²) < 4.78 is 23.8. The number of nitrogens with one attached hydrogen (secondary N) is 2. The second kappa shape index (κ2) is 10.0. The highest BCUT2D eigenvalue weighted by Crippen LogP contribution is 2.28. The first kappa shape index (κ1) is 22.2. The fourth-order valence-corrected chi connectivity index (χ4v) is 3.52. The van der Waals surface area contributed by atoms with Crippen molar-refractivity contribution in [1.29, 1.82) is 0 Å². The van der Waals surface area contributed by atoms with Crippen molar-refractivity contribution in [2.75, 3.05) is 18.5 Å². The Morgan fingerprint density at radius 3 is 2.45 bits per heavy atom. The zero-order valence-corrected chi connectivity index (χ0v) is 18.3. The highest BCUT2D eigenvalue weighted by Gasteiger charge is 2.20. The number of carbonyl (C=O) groups excluding carboxylic acids is 2. The molecule has 0 aliphatic rings. The van der Waals surface area contributed by atoms with Crippen LogP contribution in [0.4, 0.5) is 9.52 Å². The normalized spacial score (nSPS) is 10.6. The maximum absolute atomic E-state index is 13.4. The fraction of sp³-hybridized carbons (Fsp3) is 0.130. The van der Waals surface area contributed by atoms with E-state index in [2.05, 4.69) is 20.3 Å². The van der Waals surface area contributed by atoms with E-state index in [1.807, 2.05) is 0 Å². The van der Waals surface area contributed by atoms with Crippen LogP contribution in [0.3, 0.4) is 0 Å². The lowest BCUT2D eigenvalue weighted by Gasteiger charge is -2.06. The van der Waals surface area contributed by atoms with Crippen LogP contribution < -0.4 is 10.1 Å². The van der Waals surface area contributed by atoms with E-state index in [9.17, 15) is 14.0 Å². The number of esters is 1. The van der Waals surface area contributed by atoms with Gasteiger partial charge in [0.2, 0.25) is 0 Å². The summed E-state index contributed by atoms with van der Waals surface area (Å²) in [5, 5.41) is 4.93. The van der Waals surface area contributed by atoms with Gasteiger partial charge in [0.1, 0.15) is 30.6 Å². The molecule has 0 spiro atoms. The third-order valence-corrected chi connectivity index (χ3v) is 5.18. The van der Waals surface area contributed by atoms with Crippen LogP contribution in [-0.4, -0.2) is 40.0 Å². The second-order valence-corrected chi connectivity index (χ2v) is 7.71. The molecule has 0 saturated carbocycles. The Morgan fingerprint density at radius 2 is 1.79 bits per heavy atom. The Labute approximate surface area is 192 Å². The molecule has 0 unspecified atom stereocenters. The van der Waals surface area contributed by atoms with Crippen LogP contribution in [0.25, 0.3) is 22.6 Å². The Kier molecular flexibility index (Phi) is 6.75. The van der Waals surface area contributed by atoms with Gasteiger partial charge >= 0.3 is 5.97 Å². The Balaban J connectivity index is 1.58. The molecular formula is C23H19FN4O4S. The minimum atomic E-state index is -0.433. The van der Waals surface area contributed by atoms with E-state index in [-0.39, 0.29) is 30.7 Å². The van der Waals surface area contributed by atoms with Crippen LogP contribution in [-0.2, 0) is 9.53 Å². The fourth-order valence-electron chi connectivity index (χ4n) is 3.00. The van der Waals surface area contributed by atoms with E-state index in [0.717, 1.165) is 5.56 Å². The van der Waals surface area contributed by atoms with E-state index in [4.69, 9.17) is 9.47 Å². The third-order valence-electron chi connectivity index (χ3n) is 4.49. The monoisotopic (exact) mass is 466 g/mol. The van der Waals surface area contributed by atoms with E-state index < -0.39 is 5.91 Å². The van der Waals surface area contributed by atoms with Crippen molar-refractivity contribution in [3.05, 3.63) is 71.6 Å². The first-order valence-corrected chi connectivity index (χ1v) is 10.8. The van der Waals surface area contributed by atoms with Gasteiger partial charge in [-0.1, -0.05) is 0 Å². The number of nitrogens with zero attached hydrogens (tertiary/aromatic N) is 2. The van der Waals surface area contributed by atoms with Gasteiger partial charge in [-0.15, -0.1) is 11.3 Å². The second-order valence-electron chi connectivity index (χ2n) is 6.82. The molecule has 168 valence electrons. The zero-order valence-electron chi connectivity index (χ0n) is 17.5. The number of benzene rings is 2. The summed E-state index contributed by atoms with van der Waals surface area (Å²) in [6, 6.07) is 12.9. The van der Waals surface area contributed by atoms with Gasteiger partial charge in [0.15, 0.2) is 10.8 Å². The number of aromatic nitrogens is 3. The molecule has 1 amide bonds. The molecule has 0 radical (unpaired) electrons. The number of halogens is 1. The summed E-state index contributed by atoms with van der Waals surface area (Å²) in [6.45, 7) is 1.73. The van der Waals surface area contributed by atoms with E-state index >= 15 is 0 Å². The minimum Gasteiger partial charge on any atom is -0.490 e. The lowest BCUT2D eigenvalue weighted by atomic mass is 10.1. The molecule has 0 aliphatic carbocycles. The summed E-state index contributed by atoms with van der Waals surface area (Å²) in [6.07, 6.45) is 1.59. The van der Waals surface area contributed by atoms with Gasteiger partial charge in [0.25, 0.3) is 5.91 Å². The molecule has 2 N–H and O–H groups in total. The van der Waals surface area contributed by atoms with Crippen LogP contribution >= 0.6 is 11.3 Å². The first-order chi connectivity index (χ1) is 16.0. The summed E-state index contributed by atoms with van der Waals surface area (Å²) >= 11 is 1.29. The van der Waals surface area contributed by atoms with Crippen molar-refractivity contribution in [3.63, 3.8) is 0 Å². The SMILES string of the molecule is CC(=O)OCCOc1ccc(-c2nc(C(=O)Nc3nccs3)c(-c3ccc(F)cc3)[nH]2)cc1. The maximum atomic E-state index is 13.4. The molecule has 0 bridgehead atoms. The van der Waals surface area contributed by atoms with Crippen molar-refractivity contribution in [2.45, 2.75) is 6.92 Å². The number of H-pyrrole nitrogens is 1. The van der Waals surface area contributed by atoms with Crippen LogP contribution in [0, 0.1) is 5.82 Å². The van der Waals surface area contributed by atoms with Crippen molar-refractivity contribution in [2.24, 2.45) is 0 Å². The van der Waals surface area contributed by atoms with Gasteiger partial charge in [0, 0.05) is 29.6 Å². The Bertz CT molecular complexity index is 1240. The average Bonchev–Trinajstić information content (AvgIpc) is 3.48. The highest BCUT2D eigenvalue weighted by atomic mass is 32.1. The lowest BCUT2D eigenvalue weighted by molar-refractivity contribution is -0.141. The van der Waals surface area contributed by atoms with Crippen LogP contribution in [0.2, 0.25) is 0 Å². The largest absolute Gasteiger partial charge is 0.490 e. The van der Waals surface area contributed by atoms with E-state index in [0.29, 0.717) is 28.0 Å². The molecule has 0 fully saturated rings. The van der Waals surface area contributed by atoms with E-state index in [1.165, 1.54) is 30.4 Å². The summed E-state index contributed by atoms with van der Waals surface area (Å²) in [7, 11) is 0. The quantitative estimate of drug-likeness (QED) is 0.292. The number of thiazole rings is 1. The highest BCUT2D eigenvalue weighted by molar-refractivity contribution is 7.13. The molecule has 2 heterocycles. The van der Waals surface area contributed by atoms with Crippen molar-refractivity contribution < 1.29 is 23.5 Å². The number of amides is 1. The summed E-state index contributed by atoms with van der Waals surface area (Å²) in [5.41, 5.74) is 1.96. The number of hydrogen-bond acceptors (Lipinski definition) is 7. The number of hydrogen-bond donors (Lipinski definition) is 2. The van der Waals surface area contributed by atoms with Gasteiger partial charge in [-0.05, 0) is 48.5 Å². The standard InChI is InChI=1S/C23H19FN4O4S/c1-14(29)31-11-12-32-18-8-4-16(5-9-18)21-26-19(15-2-6-17(24)7-3-15)20(27-21)22(30)28-23-25-10-13-33-23/h2-10,13H,11-12H2,1H3,(H,26,27)(H,25,28,30). The van der Waals surface area contributed by atoms with Gasteiger partial charge in [-0.3, -0.25) is 14.9 Å². The smallest absolute Gasteiger partial charge is 0.302 e. The molecule has 10 heteroatoms. The van der Waals surface area contributed by atoms with Gasteiger partial charge in [-0.2, -0.15) is 0 Å². The minimum absolute atomic E-state index is 0.161. The Morgan fingerprint density at radius 1 is 1.06 bits per heavy atom. The number of ether oxygens (including phenoxy) is 2. The first-order valence-electron chi connectivity index (χ1n) is 9.93. The van der Waals surface area contributed by atoms with Gasteiger partial charge < -0.3 is 14.5 Å². The molecule has 2 aromatic carbocycles. The number of aromatic amines is 1. The molecular weight excluding hydrogens is 447 g/mol. The van der Waals surface area contributed by atoms with Gasteiger partial charge in [-0.25, -0.2) is 14.4 Å². The summed E-state index contributed by atoms with van der Waals surface area (Å²) in [4.78, 5) is 35.5. The Hall–Kier alpha value is -4.05.